The van der Waals surface area contributed by atoms with Crippen LogP contribution in [0.4, 0.5) is 9.59 Å². The molecule has 0 saturated carbocycles. The fraction of sp³-hybridized carbons (Fsp3) is 0.455. The fourth-order valence-electron chi connectivity index (χ4n) is 8.34. The Bertz CT molecular complexity index is 2300. The Morgan fingerprint density at radius 2 is 1.24 bits per heavy atom. The Morgan fingerprint density at radius 1 is 0.724 bits per heavy atom. The molecule has 306 valence electrons. The number of carbonyl (C=O) groups is 4. The SMILES string of the molecule is CC[C@@H](C)[C@H](NC(=O)OC)C(=O)N1CCC[C@H]1c1ncc(-c2ccc3cc(-c4ccc5nc([C@@H]6CCCN6C(=O)[C@@H](NC(=O)OC)[C@@H](C)CC)[nH]c5c4)ccc3c2)[nH]1. The predicted molar refractivity (Wildman–Crippen MR) is 222 cm³/mol. The number of likely N-dealkylation sites (tertiary alicyclic amines) is 2. The Hall–Kier alpha value is -5.92. The van der Waals surface area contributed by atoms with Crippen molar-refractivity contribution in [2.45, 2.75) is 90.4 Å². The van der Waals surface area contributed by atoms with E-state index >= 15 is 0 Å². The summed E-state index contributed by atoms with van der Waals surface area (Å²) in [6.07, 6.45) is 5.32. The molecule has 0 spiro atoms. The topological polar surface area (TPSA) is 175 Å². The second kappa shape index (κ2) is 17.3. The number of nitrogens with one attached hydrogen (secondary N) is 4. The molecule has 5 aromatic rings. The number of nitrogens with zero attached hydrogens (tertiary/aromatic N) is 4. The molecule has 0 bridgehead atoms. The third kappa shape index (κ3) is 8.09. The van der Waals surface area contributed by atoms with Gasteiger partial charge in [-0.1, -0.05) is 70.9 Å². The Labute approximate surface area is 338 Å². The van der Waals surface area contributed by atoms with Crippen LogP contribution < -0.4 is 10.6 Å². The van der Waals surface area contributed by atoms with Gasteiger partial charge >= 0.3 is 12.2 Å². The van der Waals surface area contributed by atoms with Crippen molar-refractivity contribution in [2.24, 2.45) is 11.8 Å². The largest absolute Gasteiger partial charge is 0.453 e. The van der Waals surface area contributed by atoms with Crippen LogP contribution in [0.3, 0.4) is 0 Å². The molecule has 4 amide bonds. The molecule has 0 aliphatic carbocycles. The molecule has 3 aromatic carbocycles. The van der Waals surface area contributed by atoms with E-state index in [1.807, 2.05) is 49.8 Å². The molecule has 0 radical (unpaired) electrons. The minimum Gasteiger partial charge on any atom is -0.453 e. The second-order valence-corrected chi connectivity index (χ2v) is 15.7. The van der Waals surface area contributed by atoms with E-state index in [9.17, 15) is 19.2 Å². The zero-order valence-electron chi connectivity index (χ0n) is 34.1. The fourth-order valence-corrected chi connectivity index (χ4v) is 8.34. The normalized spacial score (nSPS) is 18.9. The number of amides is 4. The van der Waals surface area contributed by atoms with Gasteiger partial charge in [0.15, 0.2) is 0 Å². The van der Waals surface area contributed by atoms with Crippen LogP contribution in [-0.4, -0.2) is 93.1 Å². The molecule has 2 aliphatic rings. The molecular formula is C44H54N8O6. The molecule has 2 aliphatic heterocycles. The summed E-state index contributed by atoms with van der Waals surface area (Å²) >= 11 is 0. The van der Waals surface area contributed by atoms with Gasteiger partial charge in [-0.2, -0.15) is 0 Å². The van der Waals surface area contributed by atoms with Crippen molar-refractivity contribution in [1.29, 1.82) is 0 Å². The lowest BCUT2D eigenvalue weighted by Gasteiger charge is -2.30. The van der Waals surface area contributed by atoms with Crippen molar-refractivity contribution in [2.75, 3.05) is 27.3 Å². The quantitative estimate of drug-likeness (QED) is 0.0998. The van der Waals surface area contributed by atoms with E-state index in [0.29, 0.717) is 13.1 Å². The number of H-pyrrole nitrogens is 2. The van der Waals surface area contributed by atoms with E-state index < -0.39 is 24.3 Å². The number of hydrogen-bond donors (Lipinski definition) is 4. The van der Waals surface area contributed by atoms with Crippen LogP contribution in [0.25, 0.3) is 44.2 Å². The molecule has 6 atom stereocenters. The first kappa shape index (κ1) is 40.3. The lowest BCUT2D eigenvalue weighted by molar-refractivity contribution is -0.136. The predicted octanol–water partition coefficient (Wildman–Crippen LogP) is 7.64. The number of ether oxygens (including phenoxy) is 2. The number of carbonyl (C=O) groups excluding carboxylic acids is 4. The van der Waals surface area contributed by atoms with Gasteiger partial charge in [0.2, 0.25) is 11.8 Å². The number of rotatable bonds is 12. The average molecular weight is 791 g/mol. The Kier molecular flexibility index (Phi) is 12.0. The summed E-state index contributed by atoms with van der Waals surface area (Å²) in [6, 6.07) is 17.1. The van der Waals surface area contributed by atoms with Gasteiger partial charge in [0, 0.05) is 18.7 Å². The number of imidazole rings is 2. The first-order valence-corrected chi connectivity index (χ1v) is 20.4. The monoisotopic (exact) mass is 790 g/mol. The Morgan fingerprint density at radius 3 is 1.81 bits per heavy atom. The molecule has 4 heterocycles. The van der Waals surface area contributed by atoms with Gasteiger partial charge in [-0.05, 0) is 83.7 Å². The highest BCUT2D eigenvalue weighted by Gasteiger charge is 2.39. The van der Waals surface area contributed by atoms with Crippen molar-refractivity contribution in [3.05, 3.63) is 72.4 Å². The van der Waals surface area contributed by atoms with Gasteiger partial charge in [0.05, 0.1) is 49.2 Å². The van der Waals surface area contributed by atoms with Crippen molar-refractivity contribution in [3.8, 4) is 22.4 Å². The van der Waals surface area contributed by atoms with E-state index in [1.54, 1.807) is 0 Å². The summed E-state index contributed by atoms with van der Waals surface area (Å²) in [5.41, 5.74) is 5.67. The van der Waals surface area contributed by atoms with E-state index in [2.05, 4.69) is 69.1 Å². The highest BCUT2D eigenvalue weighted by Crippen LogP contribution is 2.36. The molecule has 2 saturated heterocycles. The molecule has 14 nitrogen and oxygen atoms in total. The lowest BCUT2D eigenvalue weighted by atomic mass is 9.97. The molecule has 7 rings (SSSR count). The Balaban J connectivity index is 1.07. The van der Waals surface area contributed by atoms with E-state index in [1.165, 1.54) is 14.2 Å². The molecule has 14 heteroatoms. The molecule has 0 unspecified atom stereocenters. The first-order chi connectivity index (χ1) is 28.0. The summed E-state index contributed by atoms with van der Waals surface area (Å²) < 4.78 is 9.63. The van der Waals surface area contributed by atoms with Crippen molar-refractivity contribution in [1.82, 2.24) is 40.4 Å². The average Bonchev–Trinajstić information content (AvgIpc) is 4.09. The number of hydrogen-bond acceptors (Lipinski definition) is 8. The number of aromatic amines is 2. The number of methoxy groups -OCH3 is 2. The van der Waals surface area contributed by atoms with E-state index in [0.717, 1.165) is 94.4 Å². The molecule has 2 fully saturated rings. The summed E-state index contributed by atoms with van der Waals surface area (Å²) in [4.78, 5) is 72.1. The number of fused-ring (bicyclic) bond motifs is 2. The first-order valence-electron chi connectivity index (χ1n) is 20.4. The second-order valence-electron chi connectivity index (χ2n) is 15.7. The van der Waals surface area contributed by atoms with Crippen LogP contribution in [0.5, 0.6) is 0 Å². The van der Waals surface area contributed by atoms with Gasteiger partial charge < -0.3 is 39.9 Å². The summed E-state index contributed by atoms with van der Waals surface area (Å²) in [6.45, 7) is 9.11. The zero-order valence-corrected chi connectivity index (χ0v) is 34.1. The maximum atomic E-state index is 13.8. The maximum absolute atomic E-state index is 13.8. The highest BCUT2D eigenvalue weighted by atomic mass is 16.5. The van der Waals surface area contributed by atoms with Crippen LogP contribution in [0.15, 0.2) is 60.8 Å². The van der Waals surface area contributed by atoms with E-state index in [-0.39, 0.29) is 35.7 Å². The number of aromatic nitrogens is 4. The van der Waals surface area contributed by atoms with Crippen LogP contribution in [0, 0.1) is 11.8 Å². The maximum Gasteiger partial charge on any atom is 0.407 e. The van der Waals surface area contributed by atoms with Crippen LogP contribution in [-0.2, 0) is 19.1 Å². The van der Waals surface area contributed by atoms with E-state index in [4.69, 9.17) is 19.4 Å². The standard InChI is InChI=1S/C44H54N8O6/c1-7-25(3)37(49-43(55)57-5)41(53)51-19-9-11-35(51)39-45-24-34(48-39)31-16-15-27-21-28(13-14-29(27)22-31)30-17-18-32-33(23-30)47-40(46-32)36-12-10-20-52(36)42(54)38(26(4)8-2)50-44(56)58-6/h13-18,21-26,35-38H,7-12,19-20H2,1-6H3,(H,45,48)(H,46,47)(H,49,55)(H,50,56)/t25-,26+,35+,36+,37+,38+/m1/s1. The summed E-state index contributed by atoms with van der Waals surface area (Å²) in [5, 5.41) is 7.68. The van der Waals surface area contributed by atoms with Crippen molar-refractivity contribution in [3.63, 3.8) is 0 Å². The van der Waals surface area contributed by atoms with Gasteiger partial charge in [-0.25, -0.2) is 19.6 Å². The summed E-state index contributed by atoms with van der Waals surface area (Å²) in [5.74, 6) is 1.11. The third-order valence-corrected chi connectivity index (χ3v) is 12.2. The number of alkyl carbamates (subject to hydrolysis) is 2. The summed E-state index contributed by atoms with van der Waals surface area (Å²) in [7, 11) is 2.60. The molecule has 2 aromatic heterocycles. The molecule has 58 heavy (non-hydrogen) atoms. The lowest BCUT2D eigenvalue weighted by Crippen LogP contribution is -2.51. The minimum atomic E-state index is -0.679. The smallest absolute Gasteiger partial charge is 0.407 e. The van der Waals surface area contributed by atoms with Crippen LogP contribution in [0.1, 0.15) is 90.0 Å². The van der Waals surface area contributed by atoms with Gasteiger partial charge in [-0.3, -0.25) is 9.59 Å². The van der Waals surface area contributed by atoms with Gasteiger partial charge in [0.25, 0.3) is 0 Å². The van der Waals surface area contributed by atoms with Gasteiger partial charge in [-0.15, -0.1) is 0 Å². The highest BCUT2D eigenvalue weighted by molar-refractivity contribution is 5.92. The third-order valence-electron chi connectivity index (χ3n) is 12.2. The minimum absolute atomic E-state index is 0.0568. The molecule has 4 N–H and O–H groups in total. The van der Waals surface area contributed by atoms with Crippen LogP contribution in [0.2, 0.25) is 0 Å². The van der Waals surface area contributed by atoms with Crippen molar-refractivity contribution < 1.29 is 28.7 Å². The molecular weight excluding hydrogens is 737 g/mol. The zero-order chi connectivity index (χ0) is 41.1. The van der Waals surface area contributed by atoms with Crippen LogP contribution >= 0.6 is 0 Å². The van der Waals surface area contributed by atoms with Crippen molar-refractivity contribution >= 4 is 45.8 Å². The number of benzene rings is 3. The van der Waals surface area contributed by atoms with Gasteiger partial charge in [0.1, 0.15) is 23.7 Å².